The maximum absolute atomic E-state index is 12.1. The van der Waals surface area contributed by atoms with Crippen molar-refractivity contribution in [2.45, 2.75) is 57.9 Å². The minimum absolute atomic E-state index is 0.00152. The first kappa shape index (κ1) is 22.7. The van der Waals surface area contributed by atoms with Crippen LogP contribution in [-0.2, 0) is 17.8 Å². The standard InChI is InChI=1S/C26H32ClN3O2/c27-21-12-14-22(15-13-21)32-19-26(31)28-17-6-11-25-29-23-9-4-5-10-24(23)30(25)18-16-20-7-2-1-3-8-20/h4-5,9-10,12-15,20H,1-3,6-8,11,16-19H2,(H,28,31). The van der Waals surface area contributed by atoms with Gasteiger partial charge in [-0.1, -0.05) is 55.8 Å². The van der Waals surface area contributed by atoms with Crippen LogP contribution in [0.15, 0.2) is 48.5 Å². The van der Waals surface area contributed by atoms with Crippen molar-refractivity contribution in [1.82, 2.24) is 14.9 Å². The van der Waals surface area contributed by atoms with E-state index in [0.717, 1.165) is 36.6 Å². The lowest BCUT2D eigenvalue weighted by Gasteiger charge is -2.22. The van der Waals surface area contributed by atoms with E-state index in [-0.39, 0.29) is 12.5 Å². The Labute approximate surface area is 195 Å². The number of fused-ring (bicyclic) bond motifs is 1. The Morgan fingerprint density at radius 2 is 1.88 bits per heavy atom. The second-order valence-corrected chi connectivity index (χ2v) is 9.09. The lowest BCUT2D eigenvalue weighted by molar-refractivity contribution is -0.123. The van der Waals surface area contributed by atoms with E-state index in [2.05, 4.69) is 28.1 Å². The van der Waals surface area contributed by atoms with Gasteiger partial charge in [0.2, 0.25) is 0 Å². The molecule has 1 fully saturated rings. The van der Waals surface area contributed by atoms with Crippen LogP contribution < -0.4 is 10.1 Å². The van der Waals surface area contributed by atoms with Crippen LogP contribution in [0.4, 0.5) is 0 Å². The second-order valence-electron chi connectivity index (χ2n) is 8.66. The third kappa shape index (κ3) is 6.26. The van der Waals surface area contributed by atoms with E-state index < -0.39 is 0 Å². The number of para-hydroxylation sites is 2. The average Bonchev–Trinajstić information content (AvgIpc) is 3.18. The highest BCUT2D eigenvalue weighted by molar-refractivity contribution is 6.30. The molecule has 2 aromatic carbocycles. The van der Waals surface area contributed by atoms with Crippen LogP contribution in [0.1, 0.15) is 50.8 Å². The molecule has 1 heterocycles. The molecule has 4 rings (SSSR count). The number of aromatic nitrogens is 2. The first-order valence-electron chi connectivity index (χ1n) is 11.8. The highest BCUT2D eigenvalue weighted by atomic mass is 35.5. The molecule has 0 atom stereocenters. The number of amides is 1. The van der Waals surface area contributed by atoms with Gasteiger partial charge in [-0.3, -0.25) is 4.79 Å². The van der Waals surface area contributed by atoms with Crippen molar-refractivity contribution in [3.63, 3.8) is 0 Å². The molecule has 32 heavy (non-hydrogen) atoms. The van der Waals surface area contributed by atoms with Crippen LogP contribution in [0.3, 0.4) is 0 Å². The fourth-order valence-electron chi connectivity index (χ4n) is 4.56. The van der Waals surface area contributed by atoms with Crippen LogP contribution in [-0.4, -0.2) is 28.6 Å². The summed E-state index contributed by atoms with van der Waals surface area (Å²) in [5.74, 6) is 2.48. The molecule has 170 valence electrons. The van der Waals surface area contributed by atoms with Gasteiger partial charge in [-0.15, -0.1) is 0 Å². The molecule has 1 aromatic heterocycles. The summed E-state index contributed by atoms with van der Waals surface area (Å²) in [5, 5.41) is 3.59. The maximum atomic E-state index is 12.1. The van der Waals surface area contributed by atoms with E-state index in [1.165, 1.54) is 44.0 Å². The fraction of sp³-hybridized carbons (Fsp3) is 0.462. The minimum atomic E-state index is -0.120. The first-order valence-corrected chi connectivity index (χ1v) is 12.2. The summed E-state index contributed by atoms with van der Waals surface area (Å²) < 4.78 is 7.90. The quantitative estimate of drug-likeness (QED) is 0.395. The number of carbonyl (C=O) groups excluding carboxylic acids is 1. The molecule has 1 aliphatic carbocycles. The number of hydrogen-bond acceptors (Lipinski definition) is 3. The van der Waals surface area contributed by atoms with Crippen molar-refractivity contribution in [2.75, 3.05) is 13.2 Å². The highest BCUT2D eigenvalue weighted by Gasteiger charge is 2.16. The Bertz CT molecular complexity index is 1010. The minimum Gasteiger partial charge on any atom is -0.484 e. The van der Waals surface area contributed by atoms with Crippen molar-refractivity contribution >= 4 is 28.5 Å². The summed E-state index contributed by atoms with van der Waals surface area (Å²) in [5.41, 5.74) is 2.28. The summed E-state index contributed by atoms with van der Waals surface area (Å²) in [6, 6.07) is 15.4. The van der Waals surface area contributed by atoms with E-state index in [4.69, 9.17) is 21.3 Å². The molecule has 1 aliphatic rings. The molecule has 0 aliphatic heterocycles. The van der Waals surface area contributed by atoms with Crippen molar-refractivity contribution < 1.29 is 9.53 Å². The van der Waals surface area contributed by atoms with Gasteiger partial charge in [-0.25, -0.2) is 4.98 Å². The molecule has 0 radical (unpaired) electrons. The van der Waals surface area contributed by atoms with Crippen LogP contribution >= 0.6 is 11.6 Å². The number of benzene rings is 2. The van der Waals surface area contributed by atoms with Gasteiger partial charge < -0.3 is 14.6 Å². The summed E-state index contributed by atoms with van der Waals surface area (Å²) >= 11 is 5.86. The zero-order valence-electron chi connectivity index (χ0n) is 18.6. The zero-order chi connectivity index (χ0) is 22.2. The van der Waals surface area contributed by atoms with Gasteiger partial charge in [0.25, 0.3) is 5.91 Å². The van der Waals surface area contributed by atoms with Crippen LogP contribution in [0.25, 0.3) is 11.0 Å². The number of imidazole rings is 1. The molecular formula is C26H32ClN3O2. The SMILES string of the molecule is O=C(COc1ccc(Cl)cc1)NCCCc1nc2ccccc2n1CCC1CCCCC1. The maximum Gasteiger partial charge on any atom is 0.257 e. The van der Waals surface area contributed by atoms with Crippen LogP contribution in [0, 0.1) is 5.92 Å². The molecule has 3 aromatic rings. The molecule has 0 spiro atoms. The van der Waals surface area contributed by atoms with Gasteiger partial charge in [0, 0.05) is 24.5 Å². The summed E-state index contributed by atoms with van der Waals surface area (Å²) in [6.45, 7) is 1.64. The summed E-state index contributed by atoms with van der Waals surface area (Å²) in [7, 11) is 0. The number of carbonyl (C=O) groups is 1. The zero-order valence-corrected chi connectivity index (χ0v) is 19.3. The van der Waals surface area contributed by atoms with Gasteiger partial charge >= 0.3 is 0 Å². The topological polar surface area (TPSA) is 56.1 Å². The smallest absolute Gasteiger partial charge is 0.257 e. The Kier molecular flexibility index (Phi) is 8.05. The highest BCUT2D eigenvalue weighted by Crippen LogP contribution is 2.28. The van der Waals surface area contributed by atoms with E-state index >= 15 is 0 Å². The lowest BCUT2D eigenvalue weighted by atomic mass is 9.87. The summed E-state index contributed by atoms with van der Waals surface area (Å²) in [6.07, 6.45) is 9.81. The van der Waals surface area contributed by atoms with Gasteiger partial charge in [0.05, 0.1) is 11.0 Å². The van der Waals surface area contributed by atoms with Crippen LogP contribution in [0.2, 0.25) is 5.02 Å². The Hall–Kier alpha value is -2.53. The van der Waals surface area contributed by atoms with E-state index in [0.29, 0.717) is 17.3 Å². The molecule has 0 saturated heterocycles. The Balaban J connectivity index is 1.26. The molecule has 5 nitrogen and oxygen atoms in total. The van der Waals surface area contributed by atoms with Gasteiger partial charge in [0.15, 0.2) is 6.61 Å². The molecular weight excluding hydrogens is 422 g/mol. The van der Waals surface area contributed by atoms with Gasteiger partial charge in [-0.05, 0) is 55.2 Å². The van der Waals surface area contributed by atoms with E-state index in [1.807, 2.05) is 6.07 Å². The van der Waals surface area contributed by atoms with Crippen molar-refractivity contribution in [2.24, 2.45) is 5.92 Å². The predicted molar refractivity (Wildman–Crippen MR) is 129 cm³/mol. The second kappa shape index (κ2) is 11.4. The van der Waals surface area contributed by atoms with Gasteiger partial charge in [0.1, 0.15) is 11.6 Å². The predicted octanol–water partition coefficient (Wildman–Crippen LogP) is 5.79. The molecule has 0 bridgehead atoms. The van der Waals surface area contributed by atoms with E-state index in [1.54, 1.807) is 24.3 Å². The largest absolute Gasteiger partial charge is 0.484 e. The number of halogens is 1. The molecule has 6 heteroatoms. The molecule has 0 unspecified atom stereocenters. The number of hydrogen-bond donors (Lipinski definition) is 1. The lowest BCUT2D eigenvalue weighted by Crippen LogP contribution is -2.30. The number of ether oxygens (including phenoxy) is 1. The Morgan fingerprint density at radius 3 is 2.69 bits per heavy atom. The Morgan fingerprint density at radius 1 is 1.09 bits per heavy atom. The number of nitrogens with zero attached hydrogens (tertiary/aromatic N) is 2. The van der Waals surface area contributed by atoms with Crippen molar-refractivity contribution in [3.8, 4) is 5.75 Å². The third-order valence-electron chi connectivity index (χ3n) is 6.30. The van der Waals surface area contributed by atoms with Crippen molar-refractivity contribution in [3.05, 3.63) is 59.4 Å². The summed E-state index contributed by atoms with van der Waals surface area (Å²) in [4.78, 5) is 17.0. The normalized spacial score (nSPS) is 14.5. The monoisotopic (exact) mass is 453 g/mol. The fourth-order valence-corrected chi connectivity index (χ4v) is 4.68. The first-order chi connectivity index (χ1) is 15.7. The number of aryl methyl sites for hydroxylation is 2. The van der Waals surface area contributed by atoms with Gasteiger partial charge in [-0.2, -0.15) is 0 Å². The average molecular weight is 454 g/mol. The molecule has 1 saturated carbocycles. The number of nitrogens with one attached hydrogen (secondary N) is 1. The van der Waals surface area contributed by atoms with Crippen molar-refractivity contribution in [1.29, 1.82) is 0 Å². The molecule has 1 N–H and O–H groups in total. The number of rotatable bonds is 10. The third-order valence-corrected chi connectivity index (χ3v) is 6.55. The van der Waals surface area contributed by atoms with E-state index in [9.17, 15) is 4.79 Å². The molecule has 1 amide bonds. The van der Waals surface area contributed by atoms with Crippen LogP contribution in [0.5, 0.6) is 5.75 Å².